The van der Waals surface area contributed by atoms with Gasteiger partial charge in [0.05, 0.1) is 12.2 Å². The van der Waals surface area contributed by atoms with Gasteiger partial charge in [-0.15, -0.1) is 0 Å². The van der Waals surface area contributed by atoms with Crippen molar-refractivity contribution in [1.29, 1.82) is 0 Å². The quantitative estimate of drug-likeness (QED) is 0.281. The molecule has 0 spiro atoms. The Bertz CT molecular complexity index is 1530. The van der Waals surface area contributed by atoms with Crippen molar-refractivity contribution in [1.82, 2.24) is 0 Å². The van der Waals surface area contributed by atoms with E-state index in [0.717, 1.165) is 0 Å². The molecule has 5 nitrogen and oxygen atoms in total. The zero-order chi connectivity index (χ0) is 23.1. The average Bonchev–Trinajstić information content (AvgIpc) is 3.35. The summed E-state index contributed by atoms with van der Waals surface area (Å²) in [5.41, 5.74) is 2.33. The zero-order valence-corrected chi connectivity index (χ0v) is 18.2. The Hall–Kier alpha value is -3.90. The number of carbonyl (C=O) groups excluding carboxylic acids is 2. The van der Waals surface area contributed by atoms with Crippen LogP contribution in [-0.2, 0) is 0 Å². The molecule has 0 bridgehead atoms. The number of hydrogen-bond donors (Lipinski definition) is 1. The fraction of sp³-hybridized carbons (Fsp3) is 0.0769. The number of aryl methyl sites for hydroxylation is 1. The Balaban J connectivity index is 1.48. The molecule has 0 unspecified atom stereocenters. The smallest absolute Gasteiger partial charge is 0.230 e. The maximum atomic E-state index is 13.6. The summed E-state index contributed by atoms with van der Waals surface area (Å²) in [6.07, 6.45) is 0. The summed E-state index contributed by atoms with van der Waals surface area (Å²) in [6, 6.07) is 17.8. The Morgan fingerprint density at radius 1 is 0.909 bits per heavy atom. The van der Waals surface area contributed by atoms with E-state index in [2.05, 4.69) is 5.32 Å². The highest BCUT2D eigenvalue weighted by Gasteiger charge is 2.24. The summed E-state index contributed by atoms with van der Waals surface area (Å²) in [7, 11) is 0. The number of ketones is 2. The predicted octanol–water partition coefficient (Wildman–Crippen LogP) is 6.81. The molecule has 0 radical (unpaired) electrons. The van der Waals surface area contributed by atoms with Gasteiger partial charge in [-0.25, -0.2) is 4.39 Å². The van der Waals surface area contributed by atoms with E-state index in [1.807, 2.05) is 6.07 Å². The highest BCUT2D eigenvalue weighted by Crippen LogP contribution is 2.33. The Labute approximate surface area is 192 Å². The van der Waals surface area contributed by atoms with E-state index < -0.39 is 5.82 Å². The molecule has 0 aliphatic carbocycles. The molecule has 0 amide bonds. The average molecular weight is 462 g/mol. The van der Waals surface area contributed by atoms with E-state index in [1.54, 1.807) is 49.4 Å². The molecule has 0 aliphatic heterocycles. The first kappa shape index (κ1) is 21.0. The highest BCUT2D eigenvalue weighted by molar-refractivity contribution is 6.30. The van der Waals surface area contributed by atoms with E-state index in [1.165, 1.54) is 18.2 Å². The summed E-state index contributed by atoms with van der Waals surface area (Å²) in [5, 5.41) is 4.79. The monoisotopic (exact) mass is 461 g/mol. The molecular formula is C26H17ClFNO4. The first-order valence-corrected chi connectivity index (χ1v) is 10.6. The van der Waals surface area contributed by atoms with Gasteiger partial charge in [0.25, 0.3) is 0 Å². The van der Waals surface area contributed by atoms with Crippen LogP contribution in [0.3, 0.4) is 0 Å². The third-order valence-corrected chi connectivity index (χ3v) is 5.74. The standard InChI is InChI=1S/C26H17ClFNO4/c1-14-19-12-17(28)10-11-22(19)32-25(14)20(30)13-29-23-18-4-2-3-5-21(18)33-26(23)24(31)15-6-8-16(27)9-7-15/h2-12,29H,13H2,1H3. The summed E-state index contributed by atoms with van der Waals surface area (Å²) in [5.74, 6) is -0.845. The molecule has 0 aliphatic rings. The van der Waals surface area contributed by atoms with Crippen molar-refractivity contribution < 1.29 is 22.8 Å². The Morgan fingerprint density at radius 3 is 2.39 bits per heavy atom. The van der Waals surface area contributed by atoms with Crippen LogP contribution in [0, 0.1) is 12.7 Å². The Kier molecular flexibility index (Phi) is 5.23. The van der Waals surface area contributed by atoms with Crippen LogP contribution in [0.4, 0.5) is 10.1 Å². The van der Waals surface area contributed by atoms with Gasteiger partial charge in [-0.05, 0) is 61.5 Å². The summed E-state index contributed by atoms with van der Waals surface area (Å²) in [4.78, 5) is 26.1. The van der Waals surface area contributed by atoms with Crippen LogP contribution >= 0.6 is 11.6 Å². The van der Waals surface area contributed by atoms with Gasteiger partial charge < -0.3 is 14.2 Å². The molecule has 0 fully saturated rings. The molecule has 164 valence electrons. The molecule has 1 N–H and O–H groups in total. The largest absolute Gasteiger partial charge is 0.453 e. The molecule has 2 aromatic heterocycles. The summed E-state index contributed by atoms with van der Waals surface area (Å²) >= 11 is 5.94. The SMILES string of the molecule is Cc1c(C(=O)CNc2c(C(=O)c3ccc(Cl)cc3)oc3ccccc23)oc2ccc(F)cc12. The summed E-state index contributed by atoms with van der Waals surface area (Å²) in [6.45, 7) is 1.56. The van der Waals surface area contributed by atoms with Gasteiger partial charge in [0.15, 0.2) is 11.5 Å². The van der Waals surface area contributed by atoms with E-state index in [9.17, 15) is 14.0 Å². The minimum atomic E-state index is -0.404. The van der Waals surface area contributed by atoms with Crippen LogP contribution < -0.4 is 5.32 Å². The Morgan fingerprint density at radius 2 is 1.61 bits per heavy atom. The molecule has 33 heavy (non-hydrogen) atoms. The fourth-order valence-electron chi connectivity index (χ4n) is 3.82. The normalized spacial score (nSPS) is 11.2. The lowest BCUT2D eigenvalue weighted by molar-refractivity contribution is 0.0977. The van der Waals surface area contributed by atoms with Crippen molar-refractivity contribution in [2.24, 2.45) is 0 Å². The van der Waals surface area contributed by atoms with E-state index in [-0.39, 0.29) is 29.6 Å². The van der Waals surface area contributed by atoms with Crippen molar-refractivity contribution in [3.63, 3.8) is 0 Å². The molecule has 0 saturated carbocycles. The summed E-state index contributed by atoms with van der Waals surface area (Å²) < 4.78 is 25.1. The van der Waals surface area contributed by atoms with Crippen molar-refractivity contribution in [3.05, 3.63) is 100 Å². The number of benzene rings is 3. The number of hydrogen-bond acceptors (Lipinski definition) is 5. The lowest BCUT2D eigenvalue weighted by Gasteiger charge is -2.06. The van der Waals surface area contributed by atoms with Crippen LogP contribution in [0.25, 0.3) is 21.9 Å². The van der Waals surface area contributed by atoms with E-state index >= 15 is 0 Å². The third-order valence-electron chi connectivity index (χ3n) is 5.49. The van der Waals surface area contributed by atoms with Gasteiger partial charge in [0, 0.05) is 26.9 Å². The minimum Gasteiger partial charge on any atom is -0.453 e. The van der Waals surface area contributed by atoms with Gasteiger partial charge in [-0.1, -0.05) is 23.7 Å². The van der Waals surface area contributed by atoms with Crippen LogP contribution in [0.1, 0.15) is 32.2 Å². The second-order valence-corrected chi connectivity index (χ2v) is 8.05. The number of carbonyl (C=O) groups is 2. The lowest BCUT2D eigenvalue weighted by atomic mass is 10.1. The number of para-hydroxylation sites is 1. The fourth-order valence-corrected chi connectivity index (χ4v) is 3.95. The highest BCUT2D eigenvalue weighted by atomic mass is 35.5. The number of halogens is 2. The number of fused-ring (bicyclic) bond motifs is 2. The number of nitrogens with one attached hydrogen (secondary N) is 1. The van der Waals surface area contributed by atoms with E-state index in [0.29, 0.717) is 43.8 Å². The van der Waals surface area contributed by atoms with Gasteiger partial charge in [0.2, 0.25) is 11.6 Å². The predicted molar refractivity (Wildman–Crippen MR) is 125 cm³/mol. The first-order valence-electron chi connectivity index (χ1n) is 10.2. The maximum absolute atomic E-state index is 13.6. The van der Waals surface area contributed by atoms with Crippen LogP contribution in [-0.4, -0.2) is 18.1 Å². The van der Waals surface area contributed by atoms with Crippen molar-refractivity contribution in [2.75, 3.05) is 11.9 Å². The van der Waals surface area contributed by atoms with Gasteiger partial charge in [-0.3, -0.25) is 9.59 Å². The molecular weight excluding hydrogens is 445 g/mol. The lowest BCUT2D eigenvalue weighted by Crippen LogP contribution is -2.16. The molecule has 3 aromatic carbocycles. The van der Waals surface area contributed by atoms with Crippen molar-refractivity contribution in [2.45, 2.75) is 6.92 Å². The van der Waals surface area contributed by atoms with Crippen LogP contribution in [0.15, 0.2) is 75.6 Å². The van der Waals surface area contributed by atoms with E-state index in [4.69, 9.17) is 20.4 Å². The molecule has 7 heteroatoms. The number of furan rings is 2. The molecule has 0 saturated heterocycles. The number of Topliss-reactive ketones (excluding diaryl/α,β-unsaturated/α-hetero) is 1. The number of anilines is 1. The minimum absolute atomic E-state index is 0.0923. The number of rotatable bonds is 6. The van der Waals surface area contributed by atoms with Gasteiger partial charge in [0.1, 0.15) is 17.0 Å². The maximum Gasteiger partial charge on any atom is 0.230 e. The third kappa shape index (κ3) is 3.79. The molecule has 2 heterocycles. The second kappa shape index (κ2) is 8.22. The second-order valence-electron chi connectivity index (χ2n) is 7.61. The van der Waals surface area contributed by atoms with Gasteiger partial charge >= 0.3 is 0 Å². The first-order chi connectivity index (χ1) is 15.9. The molecule has 5 rings (SSSR count). The topological polar surface area (TPSA) is 72.5 Å². The molecule has 0 atom stereocenters. The van der Waals surface area contributed by atoms with Gasteiger partial charge in [-0.2, -0.15) is 0 Å². The van der Waals surface area contributed by atoms with Crippen LogP contribution in [0.2, 0.25) is 5.02 Å². The van der Waals surface area contributed by atoms with Crippen molar-refractivity contribution in [3.8, 4) is 0 Å². The van der Waals surface area contributed by atoms with Crippen molar-refractivity contribution >= 4 is 50.8 Å². The zero-order valence-electron chi connectivity index (χ0n) is 17.4. The molecule has 5 aromatic rings. The van der Waals surface area contributed by atoms with Crippen LogP contribution in [0.5, 0.6) is 0 Å².